The van der Waals surface area contributed by atoms with Gasteiger partial charge in [-0.25, -0.2) is 15.0 Å². The van der Waals surface area contributed by atoms with E-state index in [-0.39, 0.29) is 0 Å². The van der Waals surface area contributed by atoms with Crippen molar-refractivity contribution in [3.05, 3.63) is 146 Å². The van der Waals surface area contributed by atoms with Crippen LogP contribution in [0.3, 0.4) is 0 Å². The summed E-state index contributed by atoms with van der Waals surface area (Å²) in [7, 11) is 1.02. The second kappa shape index (κ2) is 11.3. The minimum Gasteiger partial charge on any atom is -0.208 e. The van der Waals surface area contributed by atoms with Crippen molar-refractivity contribution in [2.24, 2.45) is 0 Å². The quantitative estimate of drug-likeness (QED) is 0.192. The molecule has 1 heterocycles. The van der Waals surface area contributed by atoms with Crippen molar-refractivity contribution in [1.82, 2.24) is 15.0 Å². The molecule has 0 bridgehead atoms. The lowest BCUT2D eigenvalue weighted by Crippen LogP contribution is -2.00. The minimum absolute atomic E-state index is 0.652. The van der Waals surface area contributed by atoms with Crippen LogP contribution in [0.2, 0.25) is 0 Å². The average Bonchev–Trinajstić information content (AvgIpc) is 3.08. The van der Waals surface area contributed by atoms with Crippen LogP contribution in [0.25, 0.3) is 67.2 Å². The van der Waals surface area contributed by atoms with Gasteiger partial charge in [0, 0.05) is 22.0 Å². The molecule has 0 saturated heterocycles. The van der Waals surface area contributed by atoms with E-state index in [1.165, 1.54) is 32.8 Å². The molecule has 1 aromatic heterocycles. The molecule has 0 N–H and O–H groups in total. The Labute approximate surface area is 247 Å². The molecular weight excluding hydrogens is 529 g/mol. The highest BCUT2D eigenvalue weighted by atomic mass is 31.1. The van der Waals surface area contributed by atoms with Gasteiger partial charge in [0.1, 0.15) is 0 Å². The van der Waals surface area contributed by atoms with Crippen molar-refractivity contribution in [3.63, 3.8) is 0 Å². The third-order valence-corrected chi connectivity index (χ3v) is 8.06. The second-order valence-electron chi connectivity index (χ2n) is 10.0. The Morgan fingerprint density at radius 2 is 0.810 bits per heavy atom. The first-order valence-electron chi connectivity index (χ1n) is 13.8. The molecule has 42 heavy (non-hydrogen) atoms. The van der Waals surface area contributed by atoms with E-state index in [2.05, 4.69) is 91.2 Å². The van der Waals surface area contributed by atoms with Crippen molar-refractivity contribution < 1.29 is 0 Å². The summed E-state index contributed by atoms with van der Waals surface area (Å²) in [5.41, 5.74) is 7.64. The summed E-state index contributed by atoms with van der Waals surface area (Å²) in [4.78, 5) is 14.6. The Bertz CT molecular complexity index is 1980. The SMILES string of the molecule is C=Pc1cccc(-c2ccc(-c3ccc(-c4nc(-c5ccccc5)nc(-c5ccccc5)n4)cc3)c3ccccc23)c1. The molecule has 7 rings (SSSR count). The highest BCUT2D eigenvalue weighted by Gasteiger charge is 2.14. The predicted molar refractivity (Wildman–Crippen MR) is 178 cm³/mol. The molecule has 6 aromatic carbocycles. The van der Waals surface area contributed by atoms with E-state index in [0.29, 0.717) is 17.5 Å². The van der Waals surface area contributed by atoms with Crippen LogP contribution in [0, 0.1) is 0 Å². The molecule has 3 nitrogen and oxygen atoms in total. The van der Waals surface area contributed by atoms with Crippen LogP contribution < -0.4 is 5.30 Å². The summed E-state index contributed by atoms with van der Waals surface area (Å²) in [6, 6.07) is 50.4. The van der Waals surface area contributed by atoms with Crippen molar-refractivity contribution in [3.8, 4) is 56.4 Å². The van der Waals surface area contributed by atoms with Gasteiger partial charge in [-0.3, -0.25) is 0 Å². The summed E-state index contributed by atoms with van der Waals surface area (Å²) in [6.45, 7) is 0. The Hall–Kier alpha value is -5.24. The molecule has 0 aliphatic rings. The summed E-state index contributed by atoms with van der Waals surface area (Å²) in [5, 5.41) is 3.66. The van der Waals surface area contributed by atoms with E-state index in [0.717, 1.165) is 30.5 Å². The number of hydrogen-bond acceptors (Lipinski definition) is 3. The lowest BCUT2D eigenvalue weighted by Gasteiger charge is -2.13. The number of nitrogens with zero attached hydrogens (tertiary/aromatic N) is 3. The maximum absolute atomic E-state index is 4.88. The van der Waals surface area contributed by atoms with Crippen LogP contribution in [-0.2, 0) is 0 Å². The molecule has 0 fully saturated rings. The third kappa shape index (κ3) is 5.03. The Balaban J connectivity index is 1.30. The number of fused-ring (bicyclic) bond motifs is 1. The van der Waals surface area contributed by atoms with Crippen molar-refractivity contribution in [2.45, 2.75) is 0 Å². The van der Waals surface area contributed by atoms with E-state index >= 15 is 0 Å². The molecule has 7 aromatic rings. The van der Waals surface area contributed by atoms with Crippen LogP contribution in [0.1, 0.15) is 0 Å². The Kier molecular flexibility index (Phi) is 6.93. The van der Waals surface area contributed by atoms with Gasteiger partial charge >= 0.3 is 0 Å². The maximum atomic E-state index is 4.88. The fourth-order valence-corrected chi connectivity index (χ4v) is 5.73. The normalized spacial score (nSPS) is 11.1. The highest BCUT2D eigenvalue weighted by Crippen LogP contribution is 2.36. The van der Waals surface area contributed by atoms with Crippen LogP contribution in [0.4, 0.5) is 0 Å². The monoisotopic (exact) mass is 555 g/mol. The molecule has 0 spiro atoms. The van der Waals surface area contributed by atoms with Crippen LogP contribution >= 0.6 is 8.20 Å². The molecule has 0 amide bonds. The van der Waals surface area contributed by atoms with Crippen LogP contribution in [0.5, 0.6) is 0 Å². The van der Waals surface area contributed by atoms with Gasteiger partial charge in [0.15, 0.2) is 17.5 Å². The zero-order valence-electron chi connectivity index (χ0n) is 22.9. The number of benzene rings is 6. The lowest BCUT2D eigenvalue weighted by atomic mass is 9.92. The summed E-state index contributed by atoms with van der Waals surface area (Å²) < 4.78 is 0. The van der Waals surface area contributed by atoms with E-state index in [1.807, 2.05) is 60.7 Å². The first-order chi connectivity index (χ1) is 20.8. The first kappa shape index (κ1) is 25.7. The zero-order chi connectivity index (χ0) is 28.3. The van der Waals surface area contributed by atoms with E-state index in [4.69, 9.17) is 15.0 Å². The molecule has 0 saturated carbocycles. The molecule has 198 valence electrons. The zero-order valence-corrected chi connectivity index (χ0v) is 23.7. The van der Waals surface area contributed by atoms with Gasteiger partial charge < -0.3 is 0 Å². The Morgan fingerprint density at radius 3 is 1.33 bits per heavy atom. The summed E-state index contributed by atoms with van der Waals surface area (Å²) >= 11 is 0. The third-order valence-electron chi connectivity index (χ3n) is 7.42. The summed E-state index contributed by atoms with van der Waals surface area (Å²) in [6.07, 6.45) is 4.04. The number of aromatic nitrogens is 3. The van der Waals surface area contributed by atoms with E-state index < -0.39 is 0 Å². The minimum atomic E-state index is 0.652. The van der Waals surface area contributed by atoms with Crippen molar-refractivity contribution in [1.29, 1.82) is 0 Å². The fourth-order valence-electron chi connectivity index (χ4n) is 5.31. The Morgan fingerprint density at radius 1 is 0.381 bits per heavy atom. The van der Waals surface area contributed by atoms with Gasteiger partial charge in [0.2, 0.25) is 0 Å². The average molecular weight is 556 g/mol. The maximum Gasteiger partial charge on any atom is 0.164 e. The van der Waals surface area contributed by atoms with Gasteiger partial charge in [0.05, 0.1) is 0 Å². The molecule has 0 radical (unpaired) electrons. The standard InChI is InChI=1S/C38H26N3P/c1-42-31-16-10-15-30(25-31)33-24-23-32(34-17-8-9-18-35(33)34)26-19-21-29(22-20-26)38-40-36(27-11-4-2-5-12-27)39-37(41-38)28-13-6-3-7-14-28/h2-25H,1H2. The molecule has 0 unspecified atom stereocenters. The largest absolute Gasteiger partial charge is 0.208 e. The van der Waals surface area contributed by atoms with Gasteiger partial charge in [0.25, 0.3) is 0 Å². The first-order valence-corrected chi connectivity index (χ1v) is 14.9. The molecule has 4 heteroatoms. The summed E-state index contributed by atoms with van der Waals surface area (Å²) in [5.74, 6) is 1.97. The molecular formula is C38H26N3P. The highest BCUT2D eigenvalue weighted by molar-refractivity contribution is 7.45. The molecule has 0 aliphatic heterocycles. The predicted octanol–water partition coefficient (Wildman–Crippen LogP) is 9.36. The fraction of sp³-hybridized carbons (Fsp3) is 0. The van der Waals surface area contributed by atoms with Gasteiger partial charge in [-0.05, 0) is 39.1 Å². The van der Waals surface area contributed by atoms with Crippen molar-refractivity contribution >= 4 is 30.6 Å². The van der Waals surface area contributed by atoms with Gasteiger partial charge in [-0.15, -0.1) is 0 Å². The van der Waals surface area contributed by atoms with Crippen molar-refractivity contribution in [2.75, 3.05) is 0 Å². The second-order valence-corrected chi connectivity index (χ2v) is 10.9. The van der Waals surface area contributed by atoms with E-state index in [9.17, 15) is 0 Å². The van der Waals surface area contributed by atoms with Gasteiger partial charge in [-0.1, -0.05) is 154 Å². The smallest absolute Gasteiger partial charge is 0.164 e. The lowest BCUT2D eigenvalue weighted by molar-refractivity contribution is 1.07. The topological polar surface area (TPSA) is 38.7 Å². The van der Waals surface area contributed by atoms with Gasteiger partial charge in [-0.2, -0.15) is 0 Å². The molecule has 0 atom stereocenters. The van der Waals surface area contributed by atoms with E-state index in [1.54, 1.807) is 0 Å². The van der Waals surface area contributed by atoms with Crippen LogP contribution in [0.15, 0.2) is 146 Å². The number of rotatable bonds is 6. The number of hydrogen-bond donors (Lipinski definition) is 0. The molecule has 0 aliphatic carbocycles. The van der Waals surface area contributed by atoms with Crippen LogP contribution in [-0.4, -0.2) is 21.3 Å².